The number of carbonyl (C=O) groups is 4. The average molecular weight is 1150 g/mol. The molecule has 14 nitrogen and oxygen atoms in total. The Hall–Kier alpha value is -5.90. The minimum absolute atomic E-state index is 0.00700. The van der Waals surface area contributed by atoms with Crippen molar-refractivity contribution in [1.82, 2.24) is 19.6 Å². The third-order valence-corrected chi connectivity index (χ3v) is 12.9. The summed E-state index contributed by atoms with van der Waals surface area (Å²) in [7, 11) is 1.58. The molecule has 27 heteroatoms. The summed E-state index contributed by atoms with van der Waals surface area (Å²) in [5.74, 6) is -8.38. The predicted octanol–water partition coefficient (Wildman–Crippen LogP) is 10.6. The first-order valence-electron chi connectivity index (χ1n) is 24.5. The van der Waals surface area contributed by atoms with Crippen molar-refractivity contribution in [2.24, 2.45) is 0 Å². The van der Waals surface area contributed by atoms with Crippen LogP contribution < -0.4 is 9.47 Å². The lowest BCUT2D eigenvalue weighted by molar-refractivity contribution is -0.187. The highest BCUT2D eigenvalue weighted by molar-refractivity contribution is 7.46. The normalized spacial score (nSPS) is 12.6. The number of alkyl halides is 12. The van der Waals surface area contributed by atoms with E-state index in [0.29, 0.717) is 38.0 Å². The van der Waals surface area contributed by atoms with Gasteiger partial charge in [0.05, 0.1) is 39.9 Å². The summed E-state index contributed by atoms with van der Waals surface area (Å²) in [6.45, 7) is -4.30. The number of carbonyl (C=O) groups excluding carboxylic acids is 4. The quantitative estimate of drug-likeness (QED) is 0.0249. The Morgan fingerprint density at radius 1 is 0.449 bits per heavy atom. The maximum Gasteiger partial charge on any atom is 0.471 e. The molecule has 4 amide bonds. The highest BCUT2D eigenvalue weighted by atomic mass is 31.2. The molecule has 0 heterocycles. The van der Waals surface area contributed by atoms with E-state index in [2.05, 4.69) is 0 Å². The molecule has 3 aromatic rings. The van der Waals surface area contributed by atoms with E-state index in [1.807, 2.05) is 18.2 Å². The van der Waals surface area contributed by atoms with Crippen LogP contribution in [0, 0.1) is 11.3 Å². The van der Waals surface area contributed by atoms with Gasteiger partial charge in [-0.05, 0) is 92.3 Å². The van der Waals surface area contributed by atoms with Gasteiger partial charge in [-0.3, -0.25) is 19.2 Å². The van der Waals surface area contributed by atoms with Gasteiger partial charge < -0.3 is 42.9 Å². The van der Waals surface area contributed by atoms with Crippen molar-refractivity contribution in [1.29, 1.82) is 5.26 Å². The molecular formula is C51H62F12N5O9P. The van der Waals surface area contributed by atoms with E-state index in [1.54, 1.807) is 73.4 Å². The second-order valence-corrected chi connectivity index (χ2v) is 18.8. The number of hydrogen-bond donors (Lipinski definition) is 0. The first kappa shape index (κ1) is 66.4. The van der Waals surface area contributed by atoms with Gasteiger partial charge in [0, 0.05) is 65.6 Å². The van der Waals surface area contributed by atoms with Crippen LogP contribution in [0.3, 0.4) is 0 Å². The number of benzene rings is 3. The Bertz CT molecular complexity index is 2290. The molecule has 0 radical (unpaired) electrons. The number of methoxy groups -OCH3 is 2. The first-order valence-corrected chi connectivity index (χ1v) is 26.1. The molecule has 0 fully saturated rings. The molecule has 0 bridgehead atoms. The number of nitrogens with zero attached hydrogens (tertiary/aromatic N) is 5. The molecular weight excluding hydrogens is 1090 g/mol. The van der Waals surface area contributed by atoms with E-state index < -0.39 is 140 Å². The molecule has 1 unspecified atom stereocenters. The van der Waals surface area contributed by atoms with E-state index in [-0.39, 0.29) is 61.7 Å². The summed E-state index contributed by atoms with van der Waals surface area (Å²) in [4.78, 5) is 50.8. The molecule has 0 spiro atoms. The molecule has 434 valence electrons. The van der Waals surface area contributed by atoms with Crippen molar-refractivity contribution in [2.75, 3.05) is 93.1 Å². The lowest BCUT2D eigenvalue weighted by atomic mass is 9.80. The molecule has 1 atom stereocenters. The molecule has 0 saturated carbocycles. The van der Waals surface area contributed by atoms with Crippen LogP contribution in [0.15, 0.2) is 78.9 Å². The number of hydrogen-bond acceptors (Lipinski definition) is 10. The Morgan fingerprint density at radius 3 is 1.09 bits per heavy atom. The van der Waals surface area contributed by atoms with Gasteiger partial charge in [0.25, 0.3) is 0 Å². The van der Waals surface area contributed by atoms with Gasteiger partial charge in [0.15, 0.2) is 8.38 Å². The summed E-state index contributed by atoms with van der Waals surface area (Å²) in [6, 6.07) is 24.9. The van der Waals surface area contributed by atoms with E-state index in [0.717, 1.165) is 0 Å². The fourth-order valence-electron chi connectivity index (χ4n) is 8.05. The zero-order valence-corrected chi connectivity index (χ0v) is 43.9. The Balaban J connectivity index is 1.69. The van der Waals surface area contributed by atoms with E-state index in [9.17, 15) is 71.9 Å². The van der Waals surface area contributed by atoms with Crippen LogP contribution >= 0.6 is 8.38 Å². The van der Waals surface area contributed by atoms with Gasteiger partial charge in [0.2, 0.25) is 0 Å². The van der Waals surface area contributed by atoms with Gasteiger partial charge >= 0.3 is 48.3 Å². The van der Waals surface area contributed by atoms with Gasteiger partial charge in [-0.25, -0.2) is 0 Å². The average Bonchev–Trinajstić information content (AvgIpc) is 3.43. The maximum absolute atomic E-state index is 13.9. The predicted molar refractivity (Wildman–Crippen MR) is 261 cm³/mol. The van der Waals surface area contributed by atoms with Crippen LogP contribution in [0.1, 0.15) is 74.5 Å². The summed E-state index contributed by atoms with van der Waals surface area (Å²) >= 11 is 0. The molecule has 3 rings (SSSR count). The molecule has 0 aliphatic heterocycles. The van der Waals surface area contributed by atoms with Crippen molar-refractivity contribution in [3.63, 3.8) is 0 Å². The van der Waals surface area contributed by atoms with E-state index >= 15 is 0 Å². The monoisotopic (exact) mass is 1150 g/mol. The van der Waals surface area contributed by atoms with Gasteiger partial charge in [-0.2, -0.15) is 57.9 Å². The number of rotatable bonds is 33. The lowest BCUT2D eigenvalue weighted by Gasteiger charge is -2.36. The van der Waals surface area contributed by atoms with Crippen molar-refractivity contribution in [2.45, 2.75) is 88.1 Å². The van der Waals surface area contributed by atoms with Crippen molar-refractivity contribution >= 4 is 32.0 Å². The summed E-state index contributed by atoms with van der Waals surface area (Å²) in [6.07, 6.45) is -23.8. The van der Waals surface area contributed by atoms with Crippen molar-refractivity contribution < 1.29 is 95.1 Å². The summed E-state index contributed by atoms with van der Waals surface area (Å²) in [5.41, 5.74) is 0.696. The Kier molecular flexibility index (Phi) is 26.9. The fraction of sp³-hybridized carbons (Fsp3) is 0.549. The smallest absolute Gasteiger partial charge is 0.471 e. The highest BCUT2D eigenvalue weighted by Gasteiger charge is 2.46. The minimum atomic E-state index is -5.51. The first-order chi connectivity index (χ1) is 36.7. The topological polar surface area (TPSA) is 151 Å². The third kappa shape index (κ3) is 21.4. The number of nitriles is 1. The van der Waals surface area contributed by atoms with Crippen molar-refractivity contribution in [3.05, 3.63) is 95.6 Å². The fourth-order valence-corrected chi connectivity index (χ4v) is 8.86. The maximum atomic E-state index is 13.9. The van der Waals surface area contributed by atoms with Crippen LogP contribution in [0.5, 0.6) is 11.5 Å². The number of halogens is 12. The second-order valence-electron chi connectivity index (χ2n) is 17.4. The van der Waals surface area contributed by atoms with Crippen LogP contribution in [0.25, 0.3) is 0 Å². The van der Waals surface area contributed by atoms with Crippen LogP contribution in [0.4, 0.5) is 52.7 Å². The molecule has 0 aliphatic rings. The summed E-state index contributed by atoms with van der Waals surface area (Å²) < 4.78 is 192. The minimum Gasteiger partial charge on any atom is -0.497 e. The number of ether oxygens (including phenoxy) is 3. The molecule has 0 aromatic heterocycles. The van der Waals surface area contributed by atoms with Gasteiger partial charge in [0.1, 0.15) is 17.1 Å². The molecule has 0 N–H and O–H groups in total. The van der Waals surface area contributed by atoms with E-state index in [4.69, 9.17) is 28.5 Å². The lowest BCUT2D eigenvalue weighted by Crippen LogP contribution is -2.46. The molecule has 3 aromatic carbocycles. The SMILES string of the molecule is COc1ccc(C(OCCCCN(CCCN(CCCCN(CCCN(CCCCOP(C)OCCC#N)C(=O)C(F)(F)F)C(=O)C(F)(F)F)C(=O)C(F)(F)F)C(=O)C(F)(F)F)(c2ccccc2)c2ccc(OC)cc2)cc1. The van der Waals surface area contributed by atoms with Crippen molar-refractivity contribution in [3.8, 4) is 17.6 Å². The van der Waals surface area contributed by atoms with Crippen LogP contribution in [-0.2, 0) is 38.6 Å². The summed E-state index contributed by atoms with van der Waals surface area (Å²) in [5, 5.41) is 8.59. The van der Waals surface area contributed by atoms with Crippen LogP contribution in [0.2, 0.25) is 0 Å². The molecule has 0 aliphatic carbocycles. The number of amides is 4. The standard InChI is InChI=1S/C51H62F12N5O9P/c1-73-41-22-18-39(19-23-41)47(38-16-5-4-6-17-38,40-20-24-42(74-2)25-21-40)75-35-11-9-29-67(45(71)50(58,59)60)33-14-31-65(43(69)48(52,53)54)27-7-8-28-66(44(70)49(55,56)57)32-15-34-68(46(72)51(61,62)63)30-10-12-36-76-78(3)77-37-13-26-64/h4-6,16-25H,7-15,27-37H2,1-3H3. The zero-order valence-electron chi connectivity index (χ0n) is 43.0. The largest absolute Gasteiger partial charge is 0.497 e. The Labute approximate surface area is 445 Å². The van der Waals surface area contributed by atoms with Crippen LogP contribution in [-0.4, -0.2) is 161 Å². The van der Waals surface area contributed by atoms with Gasteiger partial charge in [-0.1, -0.05) is 54.6 Å². The number of unbranched alkanes of at least 4 members (excludes halogenated alkanes) is 3. The Morgan fingerprint density at radius 2 is 0.756 bits per heavy atom. The second kappa shape index (κ2) is 31.6. The molecule has 0 saturated heterocycles. The zero-order chi connectivity index (χ0) is 58.2. The van der Waals surface area contributed by atoms with Gasteiger partial charge in [-0.15, -0.1) is 0 Å². The highest BCUT2D eigenvalue weighted by Crippen LogP contribution is 2.42. The third-order valence-electron chi connectivity index (χ3n) is 11.8. The van der Waals surface area contributed by atoms with E-state index in [1.165, 1.54) is 14.2 Å². The molecule has 78 heavy (non-hydrogen) atoms.